The van der Waals surface area contributed by atoms with Gasteiger partial charge in [-0.25, -0.2) is 0 Å². The second-order valence-corrected chi connectivity index (χ2v) is 23.3. The first kappa shape index (κ1) is 8.67. The summed E-state index contributed by atoms with van der Waals surface area (Å²) in [6.45, 7) is 7.50. The van der Waals surface area contributed by atoms with Crippen molar-refractivity contribution in [1.29, 1.82) is 0 Å². The molecule has 0 bridgehead atoms. The molecule has 0 aliphatic heterocycles. The molecule has 10 heavy (non-hydrogen) atoms. The molecule has 0 unspecified atom stereocenters. The van der Waals surface area contributed by atoms with Crippen LogP contribution in [0.5, 0.6) is 0 Å². The van der Waals surface area contributed by atoms with E-state index in [0.717, 1.165) is 3.63 Å². The van der Waals surface area contributed by atoms with Crippen LogP contribution in [-0.2, 0) is 22.4 Å². The maximum atomic E-state index is 2.50. The van der Waals surface area contributed by atoms with Gasteiger partial charge in [-0.05, 0) is 0 Å². The van der Waals surface area contributed by atoms with Gasteiger partial charge in [0, 0.05) is 0 Å². The van der Waals surface area contributed by atoms with Crippen molar-refractivity contribution < 1.29 is 22.4 Å². The summed E-state index contributed by atoms with van der Waals surface area (Å²) < 4.78 is 0.926. The third-order valence-electron chi connectivity index (χ3n) is 1.35. The van der Waals surface area contributed by atoms with Gasteiger partial charge < -0.3 is 0 Å². The minimum atomic E-state index is -0.655. The monoisotopic (exact) mass is 228 g/mol. The third-order valence-corrected chi connectivity index (χ3v) is 12.3. The van der Waals surface area contributed by atoms with E-state index in [9.17, 15) is 0 Å². The molecule has 2 heteroatoms. The molecule has 0 aromatic carbocycles. The summed E-state index contributed by atoms with van der Waals surface area (Å²) in [5.41, 5.74) is 0. The van der Waals surface area contributed by atoms with E-state index in [2.05, 4.69) is 43.9 Å². The molecule has 1 rings (SSSR count). The Kier molecular flexibility index (Phi) is 2.88. The molecule has 0 radical (unpaired) electrons. The Labute approximate surface area is 74.9 Å². The third kappa shape index (κ3) is 3.12. The number of allylic oxidation sites excluding steroid dienone is 4. The zero-order chi connectivity index (χ0) is 7.61. The summed E-state index contributed by atoms with van der Waals surface area (Å²) in [4.78, 5) is 0. The van der Waals surface area contributed by atoms with Gasteiger partial charge in [0.2, 0.25) is 0 Å². The van der Waals surface area contributed by atoms with Gasteiger partial charge in [-0.15, -0.1) is 0 Å². The molecule has 0 aromatic rings. The second-order valence-electron chi connectivity index (χ2n) is 3.69. The molecule has 0 fully saturated rings. The molecule has 0 saturated heterocycles. The Morgan fingerprint density at radius 1 is 1.10 bits per heavy atom. The van der Waals surface area contributed by atoms with Crippen LogP contribution < -0.4 is 0 Å². The van der Waals surface area contributed by atoms with Crippen LogP contribution in [-0.4, -0.2) is 5.20 Å². The molecule has 1 aliphatic rings. The van der Waals surface area contributed by atoms with Gasteiger partial charge in [0.15, 0.2) is 0 Å². The normalized spacial score (nSPS) is 18.3. The topological polar surface area (TPSA) is 0 Å². The molecule has 1 aliphatic carbocycles. The van der Waals surface area contributed by atoms with E-state index in [4.69, 9.17) is 0 Å². The van der Waals surface area contributed by atoms with Crippen molar-refractivity contribution in [3.63, 3.8) is 0 Å². The van der Waals surface area contributed by atoms with E-state index >= 15 is 0 Å². The number of hydrogen-bond acceptors (Lipinski definition) is 0. The van der Waals surface area contributed by atoms with Gasteiger partial charge in [0.05, 0.1) is 0 Å². The van der Waals surface area contributed by atoms with Crippen molar-refractivity contribution in [3.05, 3.63) is 24.3 Å². The zero-order valence-corrected chi connectivity index (χ0v) is 10.3. The number of rotatable bonds is 2. The minimum absolute atomic E-state index is 0.0800. The molecule has 0 amide bonds. The fourth-order valence-electron chi connectivity index (χ4n) is 1.03. The van der Waals surface area contributed by atoms with Crippen LogP contribution in [0.15, 0.2) is 24.3 Å². The molecule has 0 aromatic heterocycles. The van der Waals surface area contributed by atoms with Crippen LogP contribution in [0.4, 0.5) is 0 Å². The molecule has 0 nitrogen and oxygen atoms in total. The van der Waals surface area contributed by atoms with E-state index in [-0.39, 0.29) is 22.4 Å². The predicted molar refractivity (Wildman–Crippen MR) is 45.4 cm³/mol. The average molecular weight is 230 g/mol. The van der Waals surface area contributed by atoms with Gasteiger partial charge in [0.25, 0.3) is 0 Å². The molecule has 54 valence electrons. The molecular weight excluding hydrogens is 215 g/mol. The Hall–Kier alpha value is 0.580. The molecule has 0 heterocycles. The van der Waals surface area contributed by atoms with Crippen molar-refractivity contribution >= 4 is 5.20 Å². The Morgan fingerprint density at radius 2 is 1.60 bits per heavy atom. The van der Waals surface area contributed by atoms with Crippen molar-refractivity contribution in [2.24, 2.45) is 0 Å². The molecule has 0 N–H and O–H groups in total. The van der Waals surface area contributed by atoms with E-state index in [1.807, 2.05) is 0 Å². The van der Waals surface area contributed by atoms with Crippen LogP contribution in [0.1, 0.15) is 0 Å². The van der Waals surface area contributed by atoms with E-state index in [0.29, 0.717) is 0 Å². The van der Waals surface area contributed by atoms with Gasteiger partial charge in [-0.2, -0.15) is 0 Å². The van der Waals surface area contributed by atoms with Crippen LogP contribution in [0.2, 0.25) is 23.3 Å². The van der Waals surface area contributed by atoms with Crippen LogP contribution in [0.3, 0.4) is 0 Å². The molecule has 0 atom stereocenters. The Bertz CT molecular complexity index is 153. The first-order chi connectivity index (χ1) is 4.58. The quantitative estimate of drug-likeness (QED) is 0.639. The fraction of sp³-hybridized carbons (Fsp3) is 0.500. The Balaban J connectivity index is 2.40. The van der Waals surface area contributed by atoms with Crippen molar-refractivity contribution in [3.8, 4) is 0 Å². The SMILES string of the molecule is C[Si](C)(C)[Zr][CH]1C=CC=C1. The van der Waals surface area contributed by atoms with Crippen LogP contribution in [0.25, 0.3) is 0 Å². The van der Waals surface area contributed by atoms with Crippen molar-refractivity contribution in [2.75, 3.05) is 0 Å². The molecular formula is C8H14SiZr. The average Bonchev–Trinajstić information content (AvgIpc) is 2.12. The second kappa shape index (κ2) is 3.32. The van der Waals surface area contributed by atoms with Crippen LogP contribution >= 0.6 is 0 Å². The first-order valence-corrected chi connectivity index (χ1v) is 12.3. The van der Waals surface area contributed by atoms with Gasteiger partial charge in [-0.1, -0.05) is 0 Å². The summed E-state index contributed by atoms with van der Waals surface area (Å²) in [5, 5.41) is -0.655. The van der Waals surface area contributed by atoms with Gasteiger partial charge in [0.1, 0.15) is 0 Å². The summed E-state index contributed by atoms with van der Waals surface area (Å²) in [7, 11) is 0. The van der Waals surface area contributed by atoms with Crippen molar-refractivity contribution in [2.45, 2.75) is 23.3 Å². The Morgan fingerprint density at radius 3 is 2.00 bits per heavy atom. The number of hydrogen-bond donors (Lipinski definition) is 0. The predicted octanol–water partition coefficient (Wildman–Crippen LogP) is 2.82. The summed E-state index contributed by atoms with van der Waals surface area (Å²) in [5.74, 6) is 0. The maximum absolute atomic E-state index is 2.50. The molecule has 0 spiro atoms. The summed E-state index contributed by atoms with van der Waals surface area (Å²) in [6.07, 6.45) is 9.16. The standard InChI is InChI=1S/C5H5.C3H9Si.Zr/c1-2-4-5-3-1;1-4(2)3;/h1-5H;1-3H3;. The van der Waals surface area contributed by atoms with Gasteiger partial charge in [-0.3, -0.25) is 0 Å². The zero-order valence-electron chi connectivity index (χ0n) is 6.89. The van der Waals surface area contributed by atoms with E-state index < -0.39 is 5.20 Å². The summed E-state index contributed by atoms with van der Waals surface area (Å²) >= 11 is -0.0800. The first-order valence-electron chi connectivity index (χ1n) is 3.71. The summed E-state index contributed by atoms with van der Waals surface area (Å²) in [6, 6.07) is 0. The van der Waals surface area contributed by atoms with E-state index in [1.54, 1.807) is 0 Å². The van der Waals surface area contributed by atoms with Crippen molar-refractivity contribution in [1.82, 2.24) is 0 Å². The fourth-order valence-corrected chi connectivity index (χ4v) is 11.6. The van der Waals surface area contributed by atoms with Crippen LogP contribution in [0, 0.1) is 0 Å². The van der Waals surface area contributed by atoms with Gasteiger partial charge >= 0.3 is 75.2 Å². The molecule has 0 saturated carbocycles. The van der Waals surface area contributed by atoms with E-state index in [1.165, 1.54) is 0 Å².